The smallest absolute Gasteiger partial charge is 0.235 e. The fourth-order valence-electron chi connectivity index (χ4n) is 2.99. The Morgan fingerprint density at radius 2 is 2.08 bits per heavy atom. The molecule has 0 saturated carbocycles. The summed E-state index contributed by atoms with van der Waals surface area (Å²) >= 11 is 0. The zero-order valence-electron chi connectivity index (χ0n) is 14.4. The number of amides is 1. The van der Waals surface area contributed by atoms with Crippen molar-refractivity contribution in [3.63, 3.8) is 0 Å². The molecule has 24 heavy (non-hydrogen) atoms. The standard InChI is InChI=1S/C17H26N2O4S/c1-4-7-14(16(18)20)24(21,22)11-19-15-10-12-8-5-6-9-13(12)23-17(15,2)3/h5-6,8-9,14-15,19H,4,7,10-11H2,1-3H3,(H2,18,20). The van der Waals surface area contributed by atoms with Gasteiger partial charge in [-0.3, -0.25) is 10.1 Å². The first-order valence-corrected chi connectivity index (χ1v) is 9.90. The zero-order chi connectivity index (χ0) is 18.0. The molecule has 0 aromatic heterocycles. The maximum atomic E-state index is 12.5. The lowest BCUT2D eigenvalue weighted by molar-refractivity contribution is -0.117. The highest BCUT2D eigenvalue weighted by molar-refractivity contribution is 7.92. The van der Waals surface area contributed by atoms with Gasteiger partial charge in [0.25, 0.3) is 0 Å². The molecule has 1 heterocycles. The van der Waals surface area contributed by atoms with Crippen LogP contribution < -0.4 is 15.8 Å². The molecule has 7 heteroatoms. The predicted molar refractivity (Wildman–Crippen MR) is 93.5 cm³/mol. The average molecular weight is 354 g/mol. The minimum atomic E-state index is -3.65. The summed E-state index contributed by atoms with van der Waals surface area (Å²) in [5.41, 5.74) is 5.74. The molecule has 0 aliphatic carbocycles. The fourth-order valence-corrected chi connectivity index (χ4v) is 4.57. The van der Waals surface area contributed by atoms with E-state index in [9.17, 15) is 13.2 Å². The summed E-state index contributed by atoms with van der Waals surface area (Å²) in [7, 11) is -3.65. The minimum Gasteiger partial charge on any atom is -0.486 e. The van der Waals surface area contributed by atoms with Crippen LogP contribution >= 0.6 is 0 Å². The second-order valence-corrected chi connectivity index (χ2v) is 8.94. The number of rotatable bonds is 7. The third-order valence-corrected chi connectivity index (χ3v) is 6.35. The molecule has 0 fully saturated rings. The molecule has 3 N–H and O–H groups in total. The van der Waals surface area contributed by atoms with Gasteiger partial charge in [-0.1, -0.05) is 31.5 Å². The number of hydrogen-bond donors (Lipinski definition) is 2. The number of carbonyl (C=O) groups excluding carboxylic acids is 1. The largest absolute Gasteiger partial charge is 0.486 e. The van der Waals surface area contributed by atoms with E-state index in [1.165, 1.54) is 0 Å². The van der Waals surface area contributed by atoms with Crippen LogP contribution in [0.5, 0.6) is 5.75 Å². The zero-order valence-corrected chi connectivity index (χ0v) is 15.2. The first-order chi connectivity index (χ1) is 11.2. The summed E-state index contributed by atoms with van der Waals surface area (Å²) in [5.74, 6) is -0.257. The van der Waals surface area contributed by atoms with Crippen molar-refractivity contribution in [2.75, 3.05) is 5.88 Å². The minimum absolute atomic E-state index is 0.183. The summed E-state index contributed by atoms with van der Waals surface area (Å²) < 4.78 is 30.9. The van der Waals surface area contributed by atoms with Gasteiger partial charge >= 0.3 is 0 Å². The van der Waals surface area contributed by atoms with Gasteiger partial charge in [0, 0.05) is 0 Å². The Bertz CT molecular complexity index is 700. The molecule has 0 bridgehead atoms. The van der Waals surface area contributed by atoms with Crippen molar-refractivity contribution in [1.29, 1.82) is 0 Å². The van der Waals surface area contributed by atoms with Gasteiger partial charge in [-0.2, -0.15) is 0 Å². The number of fused-ring (bicyclic) bond motifs is 1. The number of ether oxygens (including phenoxy) is 1. The molecule has 1 aliphatic heterocycles. The maximum absolute atomic E-state index is 12.5. The highest BCUT2D eigenvalue weighted by Gasteiger charge is 2.38. The van der Waals surface area contributed by atoms with Crippen LogP contribution in [-0.2, 0) is 21.1 Å². The number of nitrogens with two attached hydrogens (primary N) is 1. The molecule has 2 atom stereocenters. The second kappa shape index (κ2) is 7.11. The third kappa shape index (κ3) is 4.08. The van der Waals surface area contributed by atoms with E-state index in [2.05, 4.69) is 5.32 Å². The topological polar surface area (TPSA) is 98.5 Å². The maximum Gasteiger partial charge on any atom is 0.235 e. The van der Waals surface area contributed by atoms with E-state index in [0.29, 0.717) is 12.8 Å². The number of benzene rings is 1. The Labute approximate surface area is 143 Å². The Morgan fingerprint density at radius 1 is 1.42 bits per heavy atom. The van der Waals surface area contributed by atoms with Gasteiger partial charge in [-0.15, -0.1) is 0 Å². The molecular weight excluding hydrogens is 328 g/mol. The average Bonchev–Trinajstić information content (AvgIpc) is 2.49. The van der Waals surface area contributed by atoms with Crippen LogP contribution in [0.4, 0.5) is 0 Å². The van der Waals surface area contributed by atoms with Gasteiger partial charge in [-0.05, 0) is 38.3 Å². The van der Waals surface area contributed by atoms with Crippen LogP contribution in [0.1, 0.15) is 39.2 Å². The van der Waals surface area contributed by atoms with E-state index in [1.807, 2.05) is 45.0 Å². The Hall–Kier alpha value is -1.60. The van der Waals surface area contributed by atoms with Crippen LogP contribution in [0.15, 0.2) is 24.3 Å². The Kier molecular flexibility index (Phi) is 5.55. The summed E-state index contributed by atoms with van der Waals surface area (Å²) in [4.78, 5) is 11.5. The SMILES string of the molecule is CCCC(C(N)=O)S(=O)(=O)CNC1Cc2ccccc2OC1(C)C. The van der Waals surface area contributed by atoms with Gasteiger partial charge in [0.15, 0.2) is 9.84 Å². The van der Waals surface area contributed by atoms with Crippen molar-refractivity contribution >= 4 is 15.7 Å². The van der Waals surface area contributed by atoms with Crippen molar-refractivity contribution in [3.05, 3.63) is 29.8 Å². The number of para-hydroxylation sites is 1. The van der Waals surface area contributed by atoms with E-state index >= 15 is 0 Å². The Balaban J connectivity index is 2.12. The molecule has 1 aliphatic rings. The molecule has 2 unspecified atom stereocenters. The second-order valence-electron chi connectivity index (χ2n) is 6.76. The van der Waals surface area contributed by atoms with Crippen LogP contribution in [0.3, 0.4) is 0 Å². The molecular formula is C17H26N2O4S. The normalized spacial score (nSPS) is 20.7. The van der Waals surface area contributed by atoms with Crippen LogP contribution in [0, 0.1) is 0 Å². The summed E-state index contributed by atoms with van der Waals surface area (Å²) in [6, 6.07) is 7.54. The lowest BCUT2D eigenvalue weighted by Gasteiger charge is -2.40. The molecule has 0 spiro atoms. The van der Waals surface area contributed by atoms with Crippen molar-refractivity contribution < 1.29 is 17.9 Å². The van der Waals surface area contributed by atoms with Crippen molar-refractivity contribution in [3.8, 4) is 5.75 Å². The molecule has 1 aromatic carbocycles. The molecule has 0 radical (unpaired) electrons. The van der Waals surface area contributed by atoms with E-state index < -0.39 is 26.6 Å². The van der Waals surface area contributed by atoms with Crippen molar-refractivity contribution in [2.24, 2.45) is 5.73 Å². The molecule has 2 rings (SSSR count). The molecule has 6 nitrogen and oxygen atoms in total. The van der Waals surface area contributed by atoms with E-state index in [-0.39, 0.29) is 18.3 Å². The van der Waals surface area contributed by atoms with Gasteiger partial charge in [-0.25, -0.2) is 8.42 Å². The van der Waals surface area contributed by atoms with Gasteiger partial charge in [0.05, 0.1) is 6.04 Å². The van der Waals surface area contributed by atoms with Gasteiger partial charge in [0.2, 0.25) is 5.91 Å². The number of primary amides is 1. The lowest BCUT2D eigenvalue weighted by Crippen LogP contribution is -2.56. The fraction of sp³-hybridized carbons (Fsp3) is 0.588. The Morgan fingerprint density at radius 3 is 2.71 bits per heavy atom. The first kappa shape index (κ1) is 18.7. The predicted octanol–water partition coefficient (Wildman–Crippen LogP) is 1.38. The summed E-state index contributed by atoms with van der Waals surface area (Å²) in [6.45, 7) is 5.67. The summed E-state index contributed by atoms with van der Waals surface area (Å²) in [5, 5.41) is 1.92. The van der Waals surface area contributed by atoms with Crippen LogP contribution in [0.25, 0.3) is 0 Å². The van der Waals surface area contributed by atoms with Crippen LogP contribution in [-0.4, -0.2) is 37.1 Å². The third-order valence-electron chi connectivity index (χ3n) is 4.44. The highest BCUT2D eigenvalue weighted by Crippen LogP contribution is 2.33. The quantitative estimate of drug-likeness (QED) is 0.771. The number of hydrogen-bond acceptors (Lipinski definition) is 5. The number of sulfone groups is 1. The number of carbonyl (C=O) groups is 1. The molecule has 1 amide bonds. The van der Waals surface area contributed by atoms with Gasteiger partial charge < -0.3 is 10.5 Å². The molecule has 134 valence electrons. The van der Waals surface area contributed by atoms with E-state index in [1.54, 1.807) is 0 Å². The van der Waals surface area contributed by atoms with Crippen molar-refractivity contribution in [1.82, 2.24) is 5.32 Å². The van der Waals surface area contributed by atoms with Crippen molar-refractivity contribution in [2.45, 2.75) is 56.9 Å². The van der Waals surface area contributed by atoms with E-state index in [4.69, 9.17) is 10.5 Å². The highest BCUT2D eigenvalue weighted by atomic mass is 32.2. The van der Waals surface area contributed by atoms with Gasteiger partial charge in [0.1, 0.15) is 22.5 Å². The van der Waals surface area contributed by atoms with E-state index in [0.717, 1.165) is 11.3 Å². The molecule has 1 aromatic rings. The lowest BCUT2D eigenvalue weighted by atomic mass is 9.89. The molecule has 0 saturated heterocycles. The number of nitrogens with one attached hydrogen (secondary N) is 1. The monoisotopic (exact) mass is 354 g/mol. The first-order valence-electron chi connectivity index (χ1n) is 8.18. The summed E-state index contributed by atoms with van der Waals surface area (Å²) in [6.07, 6.45) is 1.48. The van der Waals surface area contributed by atoms with Crippen LogP contribution in [0.2, 0.25) is 0 Å².